The number of likely N-dealkylation sites (N-methyl/N-ethyl adjacent to an activating group) is 1. The van der Waals surface area contributed by atoms with E-state index in [1.165, 1.54) is 0 Å². The van der Waals surface area contributed by atoms with E-state index < -0.39 is 6.04 Å². The molecule has 0 saturated heterocycles. The molecular weight excluding hydrogens is 154 g/mol. The predicted molar refractivity (Wildman–Crippen MR) is 47.7 cm³/mol. The summed E-state index contributed by atoms with van der Waals surface area (Å²) in [7, 11) is 5.42. The van der Waals surface area contributed by atoms with E-state index in [2.05, 4.69) is 6.58 Å². The van der Waals surface area contributed by atoms with E-state index in [9.17, 15) is 9.59 Å². The highest BCUT2D eigenvalue weighted by Crippen LogP contribution is 2.06. The van der Waals surface area contributed by atoms with Gasteiger partial charge in [-0.25, -0.2) is 0 Å². The summed E-state index contributed by atoms with van der Waals surface area (Å²) >= 11 is 0. The maximum atomic E-state index is 11.4. The molecule has 3 heteroatoms. The molecule has 68 valence electrons. The molecule has 12 heavy (non-hydrogen) atoms. The number of ketones is 1. The molecule has 0 aliphatic heterocycles. The summed E-state index contributed by atoms with van der Waals surface area (Å²) in [6.45, 7) is 5.14. The van der Waals surface area contributed by atoms with Crippen LogP contribution in [-0.4, -0.2) is 43.7 Å². The second kappa shape index (κ2) is 3.63. The van der Waals surface area contributed by atoms with Crippen LogP contribution in [0.3, 0.4) is 0 Å². The molecule has 0 aromatic rings. The van der Waals surface area contributed by atoms with Crippen molar-refractivity contribution in [2.24, 2.45) is 0 Å². The van der Waals surface area contributed by atoms with Crippen molar-refractivity contribution in [3.63, 3.8) is 0 Å². The fourth-order valence-corrected chi connectivity index (χ4v) is 0.849. The summed E-state index contributed by atoms with van der Waals surface area (Å²) < 4.78 is 0.315. The Morgan fingerprint density at radius 3 is 1.92 bits per heavy atom. The van der Waals surface area contributed by atoms with Crippen molar-refractivity contribution in [3.05, 3.63) is 12.2 Å². The minimum absolute atomic E-state index is 0.183. The zero-order valence-electron chi connectivity index (χ0n) is 8.13. The molecule has 3 nitrogen and oxygen atoms in total. The number of rotatable bonds is 4. The van der Waals surface area contributed by atoms with E-state index in [1.54, 1.807) is 28.1 Å². The van der Waals surface area contributed by atoms with Crippen molar-refractivity contribution in [1.82, 2.24) is 0 Å². The molecule has 0 heterocycles. The lowest BCUT2D eigenvalue weighted by atomic mass is 10.1. The quantitative estimate of drug-likeness (QED) is 0.265. The monoisotopic (exact) mass is 170 g/mol. The Kier molecular flexibility index (Phi) is 3.34. The smallest absolute Gasteiger partial charge is 0.222 e. The van der Waals surface area contributed by atoms with Gasteiger partial charge in [0, 0.05) is 0 Å². The van der Waals surface area contributed by atoms with Gasteiger partial charge in [0.05, 0.1) is 21.1 Å². The van der Waals surface area contributed by atoms with Crippen molar-refractivity contribution >= 4 is 12.1 Å². The van der Waals surface area contributed by atoms with Crippen molar-refractivity contribution in [2.45, 2.75) is 13.0 Å². The second-order valence-electron chi connectivity index (χ2n) is 3.84. The van der Waals surface area contributed by atoms with E-state index in [0.717, 1.165) is 0 Å². The molecule has 0 aromatic carbocycles. The molecule has 0 amide bonds. The van der Waals surface area contributed by atoms with E-state index in [1.807, 2.05) is 0 Å². The maximum Gasteiger partial charge on any atom is 0.222 e. The van der Waals surface area contributed by atoms with Crippen molar-refractivity contribution in [2.75, 3.05) is 21.1 Å². The Morgan fingerprint density at radius 2 is 1.83 bits per heavy atom. The maximum absolute atomic E-state index is 11.4. The van der Waals surface area contributed by atoms with Gasteiger partial charge in [-0.3, -0.25) is 9.59 Å². The molecule has 0 fully saturated rings. The number of aldehydes is 1. The Balaban J connectivity index is 4.69. The molecule has 0 aromatic heterocycles. The van der Waals surface area contributed by atoms with Gasteiger partial charge < -0.3 is 4.48 Å². The van der Waals surface area contributed by atoms with E-state index in [-0.39, 0.29) is 5.78 Å². The SMILES string of the molecule is C=C(C)C(=O)C(C=O)[N+](C)(C)C. The highest BCUT2D eigenvalue weighted by Gasteiger charge is 2.30. The molecule has 0 saturated carbocycles. The number of hydrogen-bond donors (Lipinski definition) is 0. The number of carbonyl (C=O) groups excluding carboxylic acids is 2. The van der Waals surface area contributed by atoms with Crippen LogP contribution in [0.5, 0.6) is 0 Å². The van der Waals surface area contributed by atoms with Crippen LogP contribution in [0.15, 0.2) is 12.2 Å². The van der Waals surface area contributed by atoms with Crippen LogP contribution in [0.2, 0.25) is 0 Å². The Bertz CT molecular complexity index is 213. The number of quaternary nitrogens is 1. The molecule has 0 bridgehead atoms. The van der Waals surface area contributed by atoms with Crippen LogP contribution in [0.4, 0.5) is 0 Å². The van der Waals surface area contributed by atoms with Gasteiger partial charge in [-0.1, -0.05) is 6.58 Å². The zero-order chi connectivity index (χ0) is 9.94. The Labute approximate surface area is 73.3 Å². The number of Topliss-reactive ketones (excluding diaryl/α,β-unsaturated/α-hetero) is 1. The van der Waals surface area contributed by atoms with Crippen molar-refractivity contribution in [3.8, 4) is 0 Å². The molecule has 0 aliphatic carbocycles. The van der Waals surface area contributed by atoms with Crippen LogP contribution in [0, 0.1) is 0 Å². The van der Waals surface area contributed by atoms with Gasteiger partial charge in [0.25, 0.3) is 0 Å². The third kappa shape index (κ3) is 2.58. The zero-order valence-corrected chi connectivity index (χ0v) is 8.13. The van der Waals surface area contributed by atoms with Crippen LogP contribution in [0.25, 0.3) is 0 Å². The fourth-order valence-electron chi connectivity index (χ4n) is 0.849. The first-order valence-electron chi connectivity index (χ1n) is 3.77. The summed E-state index contributed by atoms with van der Waals surface area (Å²) in [5, 5.41) is 0. The highest BCUT2D eigenvalue weighted by atomic mass is 16.1. The lowest BCUT2D eigenvalue weighted by Crippen LogP contribution is -2.51. The molecule has 0 radical (unpaired) electrons. The molecule has 0 aliphatic rings. The predicted octanol–water partition coefficient (Wildman–Crippen LogP) is 0.405. The average molecular weight is 170 g/mol. The standard InChI is InChI=1S/C9H16NO2/c1-7(2)9(12)8(6-11)10(3,4)5/h6,8H,1H2,2-5H3/q+1. The van der Waals surface area contributed by atoms with Gasteiger partial charge in [0.2, 0.25) is 11.8 Å². The van der Waals surface area contributed by atoms with Crippen LogP contribution < -0.4 is 0 Å². The van der Waals surface area contributed by atoms with Gasteiger partial charge in [-0.15, -0.1) is 0 Å². The molecule has 1 atom stereocenters. The normalized spacial score (nSPS) is 13.7. The molecule has 1 unspecified atom stereocenters. The second-order valence-corrected chi connectivity index (χ2v) is 3.84. The average Bonchev–Trinajstić information content (AvgIpc) is 1.85. The van der Waals surface area contributed by atoms with Gasteiger partial charge >= 0.3 is 0 Å². The summed E-state index contributed by atoms with van der Waals surface area (Å²) in [4.78, 5) is 22.0. The van der Waals surface area contributed by atoms with E-state index >= 15 is 0 Å². The summed E-state index contributed by atoms with van der Waals surface area (Å²) in [6.07, 6.45) is 0.678. The first-order valence-corrected chi connectivity index (χ1v) is 3.77. The Morgan fingerprint density at radius 1 is 1.42 bits per heavy atom. The van der Waals surface area contributed by atoms with E-state index in [0.29, 0.717) is 16.3 Å². The van der Waals surface area contributed by atoms with Crippen molar-refractivity contribution < 1.29 is 14.1 Å². The molecule has 0 N–H and O–H groups in total. The lowest BCUT2D eigenvalue weighted by Gasteiger charge is -2.29. The first-order chi connectivity index (χ1) is 5.30. The third-order valence-corrected chi connectivity index (χ3v) is 1.65. The summed E-state index contributed by atoms with van der Waals surface area (Å²) in [5.41, 5.74) is 0.431. The first kappa shape index (κ1) is 11.0. The van der Waals surface area contributed by atoms with Crippen LogP contribution in [-0.2, 0) is 9.59 Å². The van der Waals surface area contributed by atoms with Gasteiger partial charge in [-0.2, -0.15) is 0 Å². The fraction of sp³-hybridized carbons (Fsp3) is 0.556. The summed E-state index contributed by atoms with van der Waals surface area (Å²) in [6, 6.07) is -0.623. The van der Waals surface area contributed by atoms with Crippen molar-refractivity contribution in [1.29, 1.82) is 0 Å². The topological polar surface area (TPSA) is 34.1 Å². The largest absolute Gasteiger partial charge is 0.316 e. The lowest BCUT2D eigenvalue weighted by molar-refractivity contribution is -0.876. The number of carbonyl (C=O) groups is 2. The number of hydrogen-bond acceptors (Lipinski definition) is 2. The number of nitrogens with zero attached hydrogens (tertiary/aromatic N) is 1. The van der Waals surface area contributed by atoms with Gasteiger partial charge in [-0.05, 0) is 12.5 Å². The van der Waals surface area contributed by atoms with Gasteiger partial charge in [0.15, 0.2) is 6.29 Å². The minimum atomic E-state index is -0.623. The van der Waals surface area contributed by atoms with Gasteiger partial charge in [0.1, 0.15) is 0 Å². The van der Waals surface area contributed by atoms with Crippen LogP contribution >= 0.6 is 0 Å². The van der Waals surface area contributed by atoms with E-state index in [4.69, 9.17) is 0 Å². The minimum Gasteiger partial charge on any atom is -0.316 e. The molecular formula is C9H16NO2+. The molecule has 0 rings (SSSR count). The summed E-state index contributed by atoms with van der Waals surface area (Å²) in [5.74, 6) is -0.183. The Hall–Kier alpha value is -0.960. The molecule has 0 spiro atoms. The third-order valence-electron chi connectivity index (χ3n) is 1.65. The highest BCUT2D eigenvalue weighted by molar-refractivity contribution is 6.06. The van der Waals surface area contributed by atoms with Crippen LogP contribution in [0.1, 0.15) is 6.92 Å².